The van der Waals surface area contributed by atoms with Crippen molar-refractivity contribution < 1.29 is 4.79 Å². The first-order valence-electron chi connectivity index (χ1n) is 3.89. The van der Waals surface area contributed by atoms with Crippen molar-refractivity contribution in [2.75, 3.05) is 0 Å². The van der Waals surface area contributed by atoms with Crippen LogP contribution in [-0.2, 0) is 4.79 Å². The molecule has 0 saturated carbocycles. The van der Waals surface area contributed by atoms with Crippen molar-refractivity contribution >= 4 is 6.29 Å². The first-order chi connectivity index (χ1) is 5.05. The topological polar surface area (TPSA) is 17.1 Å². The molecule has 0 aromatic rings. The van der Waals surface area contributed by atoms with Gasteiger partial charge in [0.1, 0.15) is 6.29 Å². The third kappa shape index (κ3) is 1.79. The van der Waals surface area contributed by atoms with E-state index in [-0.39, 0.29) is 5.41 Å². The second-order valence-corrected chi connectivity index (χ2v) is 3.85. The molecule has 0 spiro atoms. The second kappa shape index (κ2) is 2.65. The van der Waals surface area contributed by atoms with Crippen LogP contribution in [0.3, 0.4) is 0 Å². The molecule has 0 fully saturated rings. The van der Waals surface area contributed by atoms with Gasteiger partial charge in [0.15, 0.2) is 0 Å². The van der Waals surface area contributed by atoms with Crippen molar-refractivity contribution in [3.05, 3.63) is 23.3 Å². The Morgan fingerprint density at radius 2 is 2.18 bits per heavy atom. The highest BCUT2D eigenvalue weighted by Crippen LogP contribution is 2.32. The molecule has 0 aromatic carbocycles. The van der Waals surface area contributed by atoms with Crippen LogP contribution >= 0.6 is 0 Å². The van der Waals surface area contributed by atoms with Crippen molar-refractivity contribution in [2.45, 2.75) is 27.2 Å². The highest BCUT2D eigenvalue weighted by atomic mass is 16.1. The Kier molecular flexibility index (Phi) is 1.99. The largest absolute Gasteiger partial charge is 0.298 e. The normalized spacial score (nSPS) is 22.1. The fourth-order valence-corrected chi connectivity index (χ4v) is 1.44. The number of carbonyl (C=O) groups excluding carboxylic acids is 1. The predicted octanol–water partition coefficient (Wildman–Crippen LogP) is 2.49. The minimum absolute atomic E-state index is 0.233. The highest BCUT2D eigenvalue weighted by molar-refractivity contribution is 5.79. The molecule has 1 aliphatic rings. The van der Waals surface area contributed by atoms with E-state index in [0.29, 0.717) is 0 Å². The van der Waals surface area contributed by atoms with Gasteiger partial charge in [0.2, 0.25) is 0 Å². The maximum absolute atomic E-state index is 10.5. The van der Waals surface area contributed by atoms with Crippen molar-refractivity contribution in [3.63, 3.8) is 0 Å². The fraction of sp³-hybridized carbons (Fsp3) is 0.500. The van der Waals surface area contributed by atoms with Crippen LogP contribution in [0.25, 0.3) is 0 Å². The van der Waals surface area contributed by atoms with Crippen LogP contribution in [0.2, 0.25) is 0 Å². The molecular formula is C10H14O. The number of carbonyl (C=O) groups is 1. The number of hydrogen-bond acceptors (Lipinski definition) is 1. The summed E-state index contributed by atoms with van der Waals surface area (Å²) < 4.78 is 0. The molecular weight excluding hydrogens is 136 g/mol. The maximum atomic E-state index is 10.5. The molecule has 1 aliphatic carbocycles. The van der Waals surface area contributed by atoms with Crippen molar-refractivity contribution in [1.29, 1.82) is 0 Å². The van der Waals surface area contributed by atoms with Gasteiger partial charge in [-0.1, -0.05) is 31.6 Å². The van der Waals surface area contributed by atoms with Gasteiger partial charge in [0.25, 0.3) is 0 Å². The first kappa shape index (κ1) is 8.25. The zero-order valence-corrected chi connectivity index (χ0v) is 7.35. The Labute approximate surface area is 67.8 Å². The molecule has 0 aromatic heterocycles. The van der Waals surface area contributed by atoms with Crippen LogP contribution in [0.5, 0.6) is 0 Å². The van der Waals surface area contributed by atoms with E-state index in [1.54, 1.807) is 0 Å². The standard InChI is InChI=1S/C10H14O/c1-8-6-10(2,3)5-4-9(8)7-11/h4-5,7H,6H2,1-3H3. The molecule has 0 aliphatic heterocycles. The molecule has 11 heavy (non-hydrogen) atoms. The van der Waals surface area contributed by atoms with Gasteiger partial charge in [-0.3, -0.25) is 4.79 Å². The van der Waals surface area contributed by atoms with Crippen LogP contribution in [0.15, 0.2) is 23.3 Å². The summed E-state index contributed by atoms with van der Waals surface area (Å²) in [5, 5.41) is 0. The lowest BCUT2D eigenvalue weighted by Crippen LogP contribution is -2.12. The number of allylic oxidation sites excluding steroid dienone is 4. The molecule has 0 amide bonds. The SMILES string of the molecule is CC1=C(C=O)C=CC(C)(C)C1. The van der Waals surface area contributed by atoms with E-state index in [9.17, 15) is 4.79 Å². The number of hydrogen-bond donors (Lipinski definition) is 0. The molecule has 1 rings (SSSR count). The molecule has 0 heterocycles. The summed E-state index contributed by atoms with van der Waals surface area (Å²) in [6, 6.07) is 0. The smallest absolute Gasteiger partial charge is 0.149 e. The van der Waals surface area contributed by atoms with Crippen LogP contribution < -0.4 is 0 Å². The summed E-state index contributed by atoms with van der Waals surface area (Å²) in [6.45, 7) is 6.37. The molecule has 0 atom stereocenters. The third-order valence-electron chi connectivity index (χ3n) is 2.05. The number of aldehydes is 1. The van der Waals surface area contributed by atoms with Gasteiger partial charge >= 0.3 is 0 Å². The lowest BCUT2D eigenvalue weighted by Gasteiger charge is -2.24. The van der Waals surface area contributed by atoms with E-state index >= 15 is 0 Å². The van der Waals surface area contributed by atoms with Gasteiger partial charge in [0, 0.05) is 5.57 Å². The average Bonchev–Trinajstić information content (AvgIpc) is 1.86. The molecule has 0 N–H and O–H groups in total. The summed E-state index contributed by atoms with van der Waals surface area (Å²) in [6.07, 6.45) is 5.95. The predicted molar refractivity (Wildman–Crippen MR) is 46.3 cm³/mol. The fourth-order valence-electron chi connectivity index (χ4n) is 1.44. The Balaban J connectivity index is 2.91. The number of rotatable bonds is 1. The van der Waals surface area contributed by atoms with Crippen molar-refractivity contribution in [1.82, 2.24) is 0 Å². The molecule has 60 valence electrons. The minimum atomic E-state index is 0.233. The Hall–Kier alpha value is -0.850. The van der Waals surface area contributed by atoms with E-state index < -0.39 is 0 Å². The average molecular weight is 150 g/mol. The van der Waals surface area contributed by atoms with Gasteiger partial charge in [-0.05, 0) is 18.8 Å². The summed E-state index contributed by atoms with van der Waals surface area (Å²) in [5.74, 6) is 0. The molecule has 0 saturated heterocycles. The zero-order chi connectivity index (χ0) is 8.48. The van der Waals surface area contributed by atoms with Gasteiger partial charge in [0.05, 0.1) is 0 Å². The van der Waals surface area contributed by atoms with Gasteiger partial charge in [-0.15, -0.1) is 0 Å². The van der Waals surface area contributed by atoms with Crippen molar-refractivity contribution in [2.24, 2.45) is 5.41 Å². The van der Waals surface area contributed by atoms with Crippen LogP contribution in [0, 0.1) is 5.41 Å². The minimum Gasteiger partial charge on any atom is -0.298 e. The Morgan fingerprint density at radius 1 is 1.55 bits per heavy atom. The Morgan fingerprint density at radius 3 is 2.64 bits per heavy atom. The molecule has 0 radical (unpaired) electrons. The monoisotopic (exact) mass is 150 g/mol. The van der Waals surface area contributed by atoms with Crippen LogP contribution in [0.1, 0.15) is 27.2 Å². The Bertz CT molecular complexity index is 231. The molecule has 1 heteroatoms. The molecule has 0 bridgehead atoms. The van der Waals surface area contributed by atoms with Crippen LogP contribution in [-0.4, -0.2) is 6.29 Å². The zero-order valence-electron chi connectivity index (χ0n) is 7.35. The van der Waals surface area contributed by atoms with Gasteiger partial charge in [-0.25, -0.2) is 0 Å². The lowest BCUT2D eigenvalue weighted by molar-refractivity contribution is -0.104. The first-order valence-corrected chi connectivity index (χ1v) is 3.89. The summed E-state index contributed by atoms with van der Waals surface area (Å²) in [7, 11) is 0. The van der Waals surface area contributed by atoms with Crippen molar-refractivity contribution in [3.8, 4) is 0 Å². The summed E-state index contributed by atoms with van der Waals surface area (Å²) in [4.78, 5) is 10.5. The summed E-state index contributed by atoms with van der Waals surface area (Å²) in [5.41, 5.74) is 2.29. The van der Waals surface area contributed by atoms with E-state index in [2.05, 4.69) is 19.9 Å². The second-order valence-electron chi connectivity index (χ2n) is 3.85. The van der Waals surface area contributed by atoms with Gasteiger partial charge in [-0.2, -0.15) is 0 Å². The maximum Gasteiger partial charge on any atom is 0.149 e. The highest BCUT2D eigenvalue weighted by Gasteiger charge is 2.19. The van der Waals surface area contributed by atoms with E-state index in [1.807, 2.05) is 13.0 Å². The van der Waals surface area contributed by atoms with E-state index in [0.717, 1.165) is 18.3 Å². The lowest BCUT2D eigenvalue weighted by atomic mass is 9.80. The molecule has 1 nitrogen and oxygen atoms in total. The van der Waals surface area contributed by atoms with E-state index in [1.165, 1.54) is 5.57 Å². The summed E-state index contributed by atoms with van der Waals surface area (Å²) >= 11 is 0. The quantitative estimate of drug-likeness (QED) is 0.525. The van der Waals surface area contributed by atoms with Crippen LogP contribution in [0.4, 0.5) is 0 Å². The molecule has 0 unspecified atom stereocenters. The van der Waals surface area contributed by atoms with Gasteiger partial charge < -0.3 is 0 Å². The van der Waals surface area contributed by atoms with E-state index in [4.69, 9.17) is 0 Å². The third-order valence-corrected chi connectivity index (χ3v) is 2.05.